The first-order valence-corrected chi connectivity index (χ1v) is 10.4. The normalized spacial score (nSPS) is 30.0. The Morgan fingerprint density at radius 1 is 1.24 bits per heavy atom. The van der Waals surface area contributed by atoms with Gasteiger partial charge >= 0.3 is 0 Å². The predicted molar refractivity (Wildman–Crippen MR) is 109 cm³/mol. The summed E-state index contributed by atoms with van der Waals surface area (Å²) in [5.74, 6) is -1.19. The van der Waals surface area contributed by atoms with Gasteiger partial charge in [-0.15, -0.1) is 0 Å². The van der Waals surface area contributed by atoms with Crippen LogP contribution in [0.3, 0.4) is 0 Å². The number of nitrogens with zero attached hydrogens (tertiary/aromatic N) is 1. The largest absolute Gasteiger partial charge is 0.381 e. The van der Waals surface area contributed by atoms with Gasteiger partial charge in [0.25, 0.3) is 0 Å². The molecule has 0 aliphatic carbocycles. The van der Waals surface area contributed by atoms with Gasteiger partial charge in [-0.1, -0.05) is 29.3 Å². The van der Waals surface area contributed by atoms with Gasteiger partial charge in [0.15, 0.2) is 11.0 Å². The molecule has 3 atom stereocenters. The molecule has 1 aromatic heterocycles. The summed E-state index contributed by atoms with van der Waals surface area (Å²) in [6.45, 7) is 3.06. The molecular weight excluding hydrogens is 416 g/mol. The summed E-state index contributed by atoms with van der Waals surface area (Å²) in [5, 5.41) is 7.05. The molecule has 0 radical (unpaired) electrons. The second kappa shape index (κ2) is 6.64. The van der Waals surface area contributed by atoms with Crippen LogP contribution in [0.4, 0.5) is 10.1 Å². The second-order valence-electron chi connectivity index (χ2n) is 8.06. The molecule has 152 valence electrons. The van der Waals surface area contributed by atoms with E-state index in [1.807, 2.05) is 13.0 Å². The van der Waals surface area contributed by atoms with Gasteiger partial charge in [-0.2, -0.15) is 0 Å². The maximum absolute atomic E-state index is 15.2. The van der Waals surface area contributed by atoms with Crippen LogP contribution in [0, 0.1) is 5.82 Å². The van der Waals surface area contributed by atoms with Crippen molar-refractivity contribution < 1.29 is 13.9 Å². The standard InChI is InChI=1S/C21H20Cl2FN3O2/c1-11-16(13-4-7-25-18(23)17(13)24)21(20(27-11)5-8-29-9-6-20)14-3-2-12(22)10-15(14)26-19(21)28/h2-4,7,10-11,16,27H,5-6,8-9H2,1H3,(H,26,28)/t11-,16+,21+/m0/s1. The van der Waals surface area contributed by atoms with Gasteiger partial charge in [-0.25, -0.2) is 9.37 Å². The van der Waals surface area contributed by atoms with Crippen molar-refractivity contribution in [2.75, 3.05) is 18.5 Å². The zero-order chi connectivity index (χ0) is 20.4. The molecule has 3 aliphatic heterocycles. The number of benzene rings is 1. The highest BCUT2D eigenvalue weighted by molar-refractivity contribution is 6.31. The molecule has 5 rings (SSSR count). The number of rotatable bonds is 1. The van der Waals surface area contributed by atoms with E-state index in [1.54, 1.807) is 18.2 Å². The van der Waals surface area contributed by atoms with Gasteiger partial charge in [0.05, 0.1) is 0 Å². The van der Waals surface area contributed by atoms with Crippen LogP contribution in [-0.2, 0) is 14.9 Å². The molecule has 8 heteroatoms. The highest BCUT2D eigenvalue weighted by Crippen LogP contribution is 2.61. The first kappa shape index (κ1) is 19.2. The monoisotopic (exact) mass is 435 g/mol. The summed E-state index contributed by atoms with van der Waals surface area (Å²) in [5.41, 5.74) is 0.326. The lowest BCUT2D eigenvalue weighted by Crippen LogP contribution is -2.61. The van der Waals surface area contributed by atoms with Crippen LogP contribution in [0.2, 0.25) is 10.2 Å². The van der Waals surface area contributed by atoms with Crippen LogP contribution in [0.15, 0.2) is 30.5 Å². The SMILES string of the molecule is C[C@@H]1NC2(CCOCC2)[C@@]2(C(=O)Nc3cc(Cl)ccc32)[C@H]1c1ccnc(Cl)c1F. The van der Waals surface area contributed by atoms with E-state index in [2.05, 4.69) is 15.6 Å². The number of amides is 1. The third-order valence-corrected chi connectivity index (χ3v) is 7.29. The highest BCUT2D eigenvalue weighted by atomic mass is 35.5. The van der Waals surface area contributed by atoms with Crippen LogP contribution in [0.25, 0.3) is 0 Å². The Morgan fingerprint density at radius 3 is 2.76 bits per heavy atom. The summed E-state index contributed by atoms with van der Waals surface area (Å²) >= 11 is 12.2. The van der Waals surface area contributed by atoms with Crippen molar-refractivity contribution in [1.82, 2.24) is 10.3 Å². The fourth-order valence-electron chi connectivity index (χ4n) is 5.83. The minimum absolute atomic E-state index is 0.147. The number of fused-ring (bicyclic) bond motifs is 3. The van der Waals surface area contributed by atoms with E-state index in [0.29, 0.717) is 42.3 Å². The molecule has 29 heavy (non-hydrogen) atoms. The van der Waals surface area contributed by atoms with Gasteiger partial charge in [0.2, 0.25) is 5.91 Å². The molecule has 2 N–H and O–H groups in total. The Labute approximate surface area is 177 Å². The van der Waals surface area contributed by atoms with Gasteiger partial charge < -0.3 is 15.4 Å². The number of pyridine rings is 1. The molecule has 0 bridgehead atoms. The summed E-state index contributed by atoms with van der Waals surface area (Å²) in [4.78, 5) is 17.6. The second-order valence-corrected chi connectivity index (χ2v) is 8.86. The first-order valence-electron chi connectivity index (χ1n) is 9.67. The van der Waals surface area contributed by atoms with E-state index in [0.717, 1.165) is 5.56 Å². The Kier molecular flexibility index (Phi) is 4.41. The number of nitrogens with one attached hydrogen (secondary N) is 2. The fourth-order valence-corrected chi connectivity index (χ4v) is 6.17. The highest BCUT2D eigenvalue weighted by Gasteiger charge is 2.70. The van der Waals surface area contributed by atoms with Crippen LogP contribution < -0.4 is 10.6 Å². The van der Waals surface area contributed by atoms with Crippen LogP contribution in [0.5, 0.6) is 0 Å². The van der Waals surface area contributed by atoms with Crippen molar-refractivity contribution in [3.05, 3.63) is 57.6 Å². The summed E-state index contributed by atoms with van der Waals surface area (Å²) in [6, 6.07) is 6.89. The average Bonchev–Trinajstić information content (AvgIpc) is 3.11. The molecular formula is C21H20Cl2FN3O2. The minimum Gasteiger partial charge on any atom is -0.381 e. The molecule has 3 aliphatic rings. The zero-order valence-corrected chi connectivity index (χ0v) is 17.3. The lowest BCUT2D eigenvalue weighted by atomic mass is 9.57. The Balaban J connectivity index is 1.82. The van der Waals surface area contributed by atoms with E-state index in [-0.39, 0.29) is 17.1 Å². The number of carbonyl (C=O) groups is 1. The molecule has 4 heterocycles. The van der Waals surface area contributed by atoms with Crippen LogP contribution >= 0.6 is 23.2 Å². The number of ether oxygens (including phenoxy) is 1. The van der Waals surface area contributed by atoms with Gasteiger partial charge in [-0.3, -0.25) is 4.79 Å². The number of hydrogen-bond acceptors (Lipinski definition) is 4. The minimum atomic E-state index is -1.01. The summed E-state index contributed by atoms with van der Waals surface area (Å²) < 4.78 is 20.8. The molecule has 2 aromatic rings. The van der Waals surface area contributed by atoms with E-state index in [1.165, 1.54) is 6.20 Å². The number of aromatic nitrogens is 1. The molecule has 0 unspecified atom stereocenters. The predicted octanol–water partition coefficient (Wildman–Crippen LogP) is 4.04. The lowest BCUT2D eigenvalue weighted by molar-refractivity contribution is -0.125. The number of hydrogen-bond donors (Lipinski definition) is 2. The van der Waals surface area contributed by atoms with Crippen LogP contribution in [0.1, 0.15) is 36.8 Å². The zero-order valence-electron chi connectivity index (χ0n) is 15.8. The smallest absolute Gasteiger partial charge is 0.237 e. The Hall–Kier alpha value is -1.73. The van der Waals surface area contributed by atoms with Gasteiger partial charge in [0, 0.05) is 47.6 Å². The van der Waals surface area contributed by atoms with Crippen molar-refractivity contribution in [1.29, 1.82) is 0 Å². The van der Waals surface area contributed by atoms with Crippen molar-refractivity contribution in [2.45, 2.75) is 42.7 Å². The number of carbonyl (C=O) groups excluding carboxylic acids is 1. The average molecular weight is 436 g/mol. The summed E-state index contributed by atoms with van der Waals surface area (Å²) in [6.07, 6.45) is 2.78. The molecule has 1 aromatic carbocycles. The topological polar surface area (TPSA) is 63.2 Å². The summed E-state index contributed by atoms with van der Waals surface area (Å²) in [7, 11) is 0. The molecule has 0 saturated carbocycles. The maximum atomic E-state index is 15.2. The Bertz CT molecular complexity index is 1010. The Morgan fingerprint density at radius 2 is 2.00 bits per heavy atom. The fraction of sp³-hybridized carbons (Fsp3) is 0.429. The maximum Gasteiger partial charge on any atom is 0.237 e. The van der Waals surface area contributed by atoms with Crippen molar-refractivity contribution in [3.63, 3.8) is 0 Å². The van der Waals surface area contributed by atoms with Gasteiger partial charge in [0.1, 0.15) is 5.41 Å². The number of anilines is 1. The third kappa shape index (κ3) is 2.46. The third-order valence-electron chi connectivity index (χ3n) is 6.80. The lowest BCUT2D eigenvalue weighted by Gasteiger charge is -2.46. The van der Waals surface area contributed by atoms with Crippen molar-refractivity contribution in [2.24, 2.45) is 0 Å². The quantitative estimate of drug-likeness (QED) is 0.663. The van der Waals surface area contributed by atoms with E-state index in [4.69, 9.17) is 27.9 Å². The van der Waals surface area contributed by atoms with Crippen LogP contribution in [-0.4, -0.2) is 35.7 Å². The van der Waals surface area contributed by atoms with E-state index in [9.17, 15) is 4.79 Å². The molecule has 1 amide bonds. The van der Waals surface area contributed by atoms with Crippen molar-refractivity contribution >= 4 is 34.8 Å². The van der Waals surface area contributed by atoms with Gasteiger partial charge in [-0.05, 0) is 49.1 Å². The first-order chi connectivity index (χ1) is 13.9. The molecule has 2 spiro atoms. The van der Waals surface area contributed by atoms with Crippen molar-refractivity contribution in [3.8, 4) is 0 Å². The number of halogens is 3. The molecule has 2 fully saturated rings. The molecule has 2 saturated heterocycles. The van der Waals surface area contributed by atoms with E-state index >= 15 is 4.39 Å². The molecule has 5 nitrogen and oxygen atoms in total. The van der Waals surface area contributed by atoms with E-state index < -0.39 is 22.7 Å².